The Balaban J connectivity index is 2.06. The van der Waals surface area contributed by atoms with Crippen molar-refractivity contribution in [2.24, 2.45) is 0 Å². The summed E-state index contributed by atoms with van der Waals surface area (Å²) in [6, 6.07) is 6.33. The molecular formula is C13H9ClN2O3. The van der Waals surface area contributed by atoms with Crippen LogP contribution in [0.1, 0.15) is 5.56 Å². The number of aryl methyl sites for hydroxylation is 1. The first-order chi connectivity index (χ1) is 9.15. The van der Waals surface area contributed by atoms with E-state index in [0.29, 0.717) is 22.2 Å². The topological polar surface area (TPSA) is 72.3 Å². The van der Waals surface area contributed by atoms with Gasteiger partial charge in [-0.05, 0) is 36.8 Å². The van der Waals surface area contributed by atoms with Crippen LogP contribution >= 0.6 is 11.6 Å². The minimum Gasteiger partial charge on any atom is -0.508 e. The Morgan fingerprint density at radius 2 is 2.11 bits per heavy atom. The van der Waals surface area contributed by atoms with Gasteiger partial charge in [0.15, 0.2) is 5.76 Å². The van der Waals surface area contributed by atoms with Gasteiger partial charge in [-0.25, -0.2) is 0 Å². The standard InChI is InChI=1S/C13H9ClN2O3/c1-7-4-5-18-11(7)12-15-13(19-16-12)9-6-8(17)2-3-10(9)14/h2-6,17H,1H3. The highest BCUT2D eigenvalue weighted by Gasteiger charge is 2.17. The van der Waals surface area contributed by atoms with E-state index in [9.17, 15) is 5.11 Å². The monoisotopic (exact) mass is 276 g/mol. The first-order valence-corrected chi connectivity index (χ1v) is 5.90. The number of aromatic nitrogens is 2. The fraction of sp³-hybridized carbons (Fsp3) is 0.0769. The van der Waals surface area contributed by atoms with Crippen molar-refractivity contribution in [2.45, 2.75) is 6.92 Å². The lowest BCUT2D eigenvalue weighted by Gasteiger charge is -1.98. The number of furan rings is 1. The van der Waals surface area contributed by atoms with Gasteiger partial charge >= 0.3 is 0 Å². The molecule has 3 rings (SSSR count). The van der Waals surface area contributed by atoms with E-state index in [0.717, 1.165) is 5.56 Å². The lowest BCUT2D eigenvalue weighted by molar-refractivity contribution is 0.428. The van der Waals surface area contributed by atoms with Gasteiger partial charge in [0.1, 0.15) is 5.75 Å². The third-order valence-electron chi connectivity index (χ3n) is 2.67. The summed E-state index contributed by atoms with van der Waals surface area (Å²) in [5, 5.41) is 13.7. The summed E-state index contributed by atoms with van der Waals surface area (Å²) >= 11 is 6.03. The van der Waals surface area contributed by atoms with Gasteiger partial charge in [-0.3, -0.25) is 0 Å². The number of halogens is 1. The summed E-state index contributed by atoms with van der Waals surface area (Å²) < 4.78 is 10.4. The molecule has 0 bridgehead atoms. The Kier molecular flexibility index (Phi) is 2.76. The third kappa shape index (κ3) is 2.08. The maximum absolute atomic E-state index is 9.47. The predicted molar refractivity (Wildman–Crippen MR) is 68.8 cm³/mol. The summed E-state index contributed by atoms with van der Waals surface area (Å²) in [5.74, 6) is 1.20. The van der Waals surface area contributed by atoms with Gasteiger partial charge in [0.2, 0.25) is 5.82 Å². The summed E-state index contributed by atoms with van der Waals surface area (Å²) in [5.41, 5.74) is 1.39. The number of nitrogens with zero attached hydrogens (tertiary/aromatic N) is 2. The first-order valence-electron chi connectivity index (χ1n) is 5.52. The largest absolute Gasteiger partial charge is 0.508 e. The Morgan fingerprint density at radius 3 is 2.84 bits per heavy atom. The van der Waals surface area contributed by atoms with E-state index in [4.69, 9.17) is 20.5 Å². The fourth-order valence-corrected chi connectivity index (χ4v) is 1.90. The maximum Gasteiger partial charge on any atom is 0.259 e. The molecule has 0 radical (unpaired) electrons. The molecule has 19 heavy (non-hydrogen) atoms. The molecule has 5 nitrogen and oxygen atoms in total. The number of benzene rings is 1. The van der Waals surface area contributed by atoms with E-state index in [-0.39, 0.29) is 11.6 Å². The van der Waals surface area contributed by atoms with Crippen LogP contribution in [0.4, 0.5) is 0 Å². The molecule has 0 atom stereocenters. The molecule has 0 unspecified atom stereocenters. The van der Waals surface area contributed by atoms with Gasteiger partial charge in [0.25, 0.3) is 5.89 Å². The molecule has 0 saturated heterocycles. The minimum absolute atomic E-state index is 0.0772. The van der Waals surface area contributed by atoms with Crippen LogP contribution in [0.2, 0.25) is 5.02 Å². The van der Waals surface area contributed by atoms with Crippen molar-refractivity contribution in [3.63, 3.8) is 0 Å². The van der Waals surface area contributed by atoms with Gasteiger partial charge < -0.3 is 14.0 Å². The van der Waals surface area contributed by atoms with Crippen LogP contribution in [0, 0.1) is 6.92 Å². The molecule has 0 aliphatic rings. The van der Waals surface area contributed by atoms with Crippen molar-refractivity contribution in [3.05, 3.63) is 41.1 Å². The zero-order valence-electron chi connectivity index (χ0n) is 9.92. The van der Waals surface area contributed by atoms with Crippen molar-refractivity contribution in [1.82, 2.24) is 10.1 Å². The number of rotatable bonds is 2. The summed E-state index contributed by atoms with van der Waals surface area (Å²) in [6.45, 7) is 1.89. The molecule has 0 saturated carbocycles. The molecule has 0 aliphatic heterocycles. The smallest absolute Gasteiger partial charge is 0.259 e. The third-order valence-corrected chi connectivity index (χ3v) is 3.00. The highest BCUT2D eigenvalue weighted by molar-refractivity contribution is 6.33. The van der Waals surface area contributed by atoms with Gasteiger partial charge in [0.05, 0.1) is 16.8 Å². The number of phenols is 1. The maximum atomic E-state index is 9.47. The van der Waals surface area contributed by atoms with E-state index >= 15 is 0 Å². The van der Waals surface area contributed by atoms with Gasteiger partial charge in [-0.1, -0.05) is 16.8 Å². The van der Waals surface area contributed by atoms with Crippen LogP contribution in [-0.4, -0.2) is 15.2 Å². The molecule has 0 amide bonds. The molecule has 3 aromatic rings. The second-order valence-corrected chi connectivity index (χ2v) is 4.43. The second kappa shape index (κ2) is 4.44. The van der Waals surface area contributed by atoms with Gasteiger partial charge in [-0.15, -0.1) is 0 Å². The normalized spacial score (nSPS) is 10.8. The molecular weight excluding hydrogens is 268 g/mol. The van der Waals surface area contributed by atoms with E-state index in [1.54, 1.807) is 12.3 Å². The number of hydrogen-bond donors (Lipinski definition) is 1. The van der Waals surface area contributed by atoms with Crippen LogP contribution in [0.25, 0.3) is 23.0 Å². The fourth-order valence-electron chi connectivity index (χ4n) is 1.70. The molecule has 6 heteroatoms. The lowest BCUT2D eigenvalue weighted by Crippen LogP contribution is -1.82. The van der Waals surface area contributed by atoms with E-state index in [2.05, 4.69) is 10.1 Å². The quantitative estimate of drug-likeness (QED) is 0.773. The first kappa shape index (κ1) is 11.8. The molecule has 2 aromatic heterocycles. The number of hydrogen-bond acceptors (Lipinski definition) is 5. The van der Waals surface area contributed by atoms with E-state index in [1.807, 2.05) is 13.0 Å². The molecule has 0 fully saturated rings. The van der Waals surface area contributed by atoms with E-state index in [1.165, 1.54) is 12.1 Å². The van der Waals surface area contributed by atoms with Gasteiger partial charge in [0, 0.05) is 0 Å². The van der Waals surface area contributed by atoms with Crippen LogP contribution in [-0.2, 0) is 0 Å². The summed E-state index contributed by atoms with van der Waals surface area (Å²) in [4.78, 5) is 4.22. The Labute approximate surface area is 113 Å². The average Bonchev–Trinajstić information content (AvgIpc) is 3.00. The predicted octanol–water partition coefficient (Wildman–Crippen LogP) is 3.66. The van der Waals surface area contributed by atoms with Crippen LogP contribution < -0.4 is 0 Å². The number of aromatic hydroxyl groups is 1. The molecule has 0 spiro atoms. The highest BCUT2D eigenvalue weighted by atomic mass is 35.5. The SMILES string of the molecule is Cc1ccoc1-c1noc(-c2cc(O)ccc2Cl)n1. The lowest BCUT2D eigenvalue weighted by atomic mass is 10.2. The van der Waals surface area contributed by atoms with Crippen LogP contribution in [0.15, 0.2) is 39.5 Å². The van der Waals surface area contributed by atoms with Crippen molar-refractivity contribution in [3.8, 4) is 28.8 Å². The zero-order valence-corrected chi connectivity index (χ0v) is 10.7. The summed E-state index contributed by atoms with van der Waals surface area (Å²) in [6.07, 6.45) is 1.56. The van der Waals surface area contributed by atoms with Crippen molar-refractivity contribution in [2.75, 3.05) is 0 Å². The van der Waals surface area contributed by atoms with Crippen LogP contribution in [0.3, 0.4) is 0 Å². The van der Waals surface area contributed by atoms with Crippen LogP contribution in [0.5, 0.6) is 5.75 Å². The molecule has 2 heterocycles. The van der Waals surface area contributed by atoms with E-state index < -0.39 is 0 Å². The Hall–Kier alpha value is -2.27. The van der Waals surface area contributed by atoms with Crippen molar-refractivity contribution < 1.29 is 14.0 Å². The summed E-state index contributed by atoms with van der Waals surface area (Å²) in [7, 11) is 0. The average molecular weight is 277 g/mol. The van der Waals surface area contributed by atoms with Crippen molar-refractivity contribution in [1.29, 1.82) is 0 Å². The minimum atomic E-state index is 0.0772. The second-order valence-electron chi connectivity index (χ2n) is 4.02. The van der Waals surface area contributed by atoms with Crippen molar-refractivity contribution >= 4 is 11.6 Å². The Bertz CT molecular complexity index is 733. The zero-order chi connectivity index (χ0) is 13.4. The Morgan fingerprint density at radius 1 is 1.26 bits per heavy atom. The molecule has 1 aromatic carbocycles. The molecule has 0 aliphatic carbocycles. The van der Waals surface area contributed by atoms with Gasteiger partial charge in [-0.2, -0.15) is 4.98 Å². The highest BCUT2D eigenvalue weighted by Crippen LogP contribution is 2.31. The molecule has 96 valence electrons. The number of phenolic OH excluding ortho intramolecular Hbond substituents is 1. The molecule has 1 N–H and O–H groups in total.